The van der Waals surface area contributed by atoms with Gasteiger partial charge in [-0.05, 0) is 12.1 Å². The Morgan fingerprint density at radius 3 is 2.68 bits per heavy atom. The van der Waals surface area contributed by atoms with E-state index in [0.29, 0.717) is 16.9 Å². The number of benzene rings is 1. The van der Waals surface area contributed by atoms with Crippen molar-refractivity contribution in [3.05, 3.63) is 64.7 Å². The Bertz CT molecular complexity index is 807. The fourth-order valence-electron chi connectivity index (χ4n) is 1.83. The van der Waals surface area contributed by atoms with Crippen molar-refractivity contribution in [2.24, 2.45) is 0 Å². The third kappa shape index (κ3) is 2.68. The lowest BCUT2D eigenvalue weighted by Gasteiger charge is -2.00. The number of hydrogen-bond donors (Lipinski definition) is 2. The van der Waals surface area contributed by atoms with Crippen molar-refractivity contribution in [1.29, 1.82) is 0 Å². The van der Waals surface area contributed by atoms with Gasteiger partial charge >= 0.3 is 0 Å². The highest BCUT2D eigenvalue weighted by Gasteiger charge is 2.11. The Hall–Kier alpha value is -3.49. The lowest BCUT2D eigenvalue weighted by Crippen LogP contribution is -2.10. The number of non-ortho nitro benzene ring substituents is 1. The molecule has 0 saturated heterocycles. The maximum absolute atomic E-state index is 12.0. The van der Waals surface area contributed by atoms with Crippen LogP contribution in [0.15, 0.2) is 49.1 Å². The van der Waals surface area contributed by atoms with Crippen LogP contribution in [0.2, 0.25) is 0 Å². The van der Waals surface area contributed by atoms with E-state index in [-0.39, 0.29) is 11.6 Å². The Morgan fingerprint density at radius 1 is 1.27 bits per heavy atom. The van der Waals surface area contributed by atoms with E-state index in [1.807, 2.05) is 0 Å². The second kappa shape index (κ2) is 5.48. The molecule has 0 aliphatic heterocycles. The van der Waals surface area contributed by atoms with Gasteiger partial charge in [0, 0.05) is 24.5 Å². The number of nitro groups is 1. The van der Waals surface area contributed by atoms with Crippen molar-refractivity contribution in [2.75, 3.05) is 5.32 Å². The molecule has 110 valence electrons. The van der Waals surface area contributed by atoms with Crippen LogP contribution in [0.5, 0.6) is 0 Å². The lowest BCUT2D eigenvalue weighted by atomic mass is 10.3. The Labute approximate surface area is 123 Å². The van der Waals surface area contributed by atoms with Crippen LogP contribution in [-0.2, 0) is 0 Å². The first-order chi connectivity index (χ1) is 10.6. The maximum atomic E-state index is 12.0. The molecule has 2 N–H and O–H groups in total. The highest BCUT2D eigenvalue weighted by Crippen LogP contribution is 2.15. The number of H-pyrrole nitrogens is 1. The SMILES string of the molecule is O=C(Nc1cn[nH]c1)c1cnn(-c2ccc([N+](=O)[O-])cc2)c1. The molecule has 2 heterocycles. The molecule has 0 aliphatic rings. The van der Waals surface area contributed by atoms with Crippen LogP contribution in [0.3, 0.4) is 0 Å². The average Bonchev–Trinajstić information content (AvgIpc) is 3.18. The highest BCUT2D eigenvalue weighted by atomic mass is 16.6. The summed E-state index contributed by atoms with van der Waals surface area (Å²) in [5.74, 6) is -0.324. The molecular weight excluding hydrogens is 288 g/mol. The molecule has 22 heavy (non-hydrogen) atoms. The number of hydrogen-bond acceptors (Lipinski definition) is 5. The summed E-state index contributed by atoms with van der Waals surface area (Å²) < 4.78 is 1.47. The number of nitrogens with one attached hydrogen (secondary N) is 2. The zero-order chi connectivity index (χ0) is 15.5. The standard InChI is InChI=1S/C13H10N6O3/c20-13(17-10-6-14-15-7-10)9-5-16-18(8-9)11-1-3-12(4-2-11)19(21)22/h1-8H,(H,14,15)(H,17,20). The van der Waals surface area contributed by atoms with Gasteiger partial charge in [-0.15, -0.1) is 0 Å². The average molecular weight is 298 g/mol. The van der Waals surface area contributed by atoms with Gasteiger partial charge in [0.05, 0.1) is 34.3 Å². The van der Waals surface area contributed by atoms with Crippen molar-refractivity contribution in [3.63, 3.8) is 0 Å². The minimum absolute atomic E-state index is 0.00571. The summed E-state index contributed by atoms with van der Waals surface area (Å²) in [5, 5.41) is 23.7. The minimum atomic E-state index is -0.476. The molecule has 9 nitrogen and oxygen atoms in total. The second-order valence-corrected chi connectivity index (χ2v) is 4.39. The van der Waals surface area contributed by atoms with Crippen molar-refractivity contribution >= 4 is 17.3 Å². The number of nitro benzene ring substituents is 1. The minimum Gasteiger partial charge on any atom is -0.319 e. The first-order valence-electron chi connectivity index (χ1n) is 6.23. The Morgan fingerprint density at radius 2 is 2.05 bits per heavy atom. The summed E-state index contributed by atoms with van der Waals surface area (Å²) in [7, 11) is 0. The monoisotopic (exact) mass is 298 g/mol. The van der Waals surface area contributed by atoms with E-state index in [1.54, 1.807) is 18.3 Å². The summed E-state index contributed by atoms with van der Waals surface area (Å²) in [6, 6.07) is 5.87. The Balaban J connectivity index is 1.78. The molecule has 1 aromatic carbocycles. The Kier molecular flexibility index (Phi) is 3.36. The topological polar surface area (TPSA) is 119 Å². The number of nitrogens with zero attached hydrogens (tertiary/aromatic N) is 4. The summed E-state index contributed by atoms with van der Waals surface area (Å²) in [4.78, 5) is 22.1. The van der Waals surface area contributed by atoms with Gasteiger partial charge in [-0.25, -0.2) is 4.68 Å². The van der Waals surface area contributed by atoms with Gasteiger partial charge in [-0.2, -0.15) is 10.2 Å². The summed E-state index contributed by atoms with van der Waals surface area (Å²) >= 11 is 0. The first kappa shape index (κ1) is 13.5. The number of carbonyl (C=O) groups is 1. The van der Waals surface area contributed by atoms with Crippen LogP contribution in [0.25, 0.3) is 5.69 Å². The van der Waals surface area contributed by atoms with Gasteiger partial charge in [0.2, 0.25) is 0 Å². The number of aromatic nitrogens is 4. The number of rotatable bonds is 4. The van der Waals surface area contributed by atoms with Gasteiger partial charge in [-0.1, -0.05) is 0 Å². The van der Waals surface area contributed by atoms with Crippen LogP contribution in [-0.4, -0.2) is 30.8 Å². The quantitative estimate of drug-likeness (QED) is 0.562. The molecule has 0 saturated carbocycles. The fourth-order valence-corrected chi connectivity index (χ4v) is 1.83. The van der Waals surface area contributed by atoms with E-state index in [2.05, 4.69) is 20.6 Å². The molecule has 9 heteroatoms. The molecule has 0 spiro atoms. The molecule has 0 aliphatic carbocycles. The summed E-state index contributed by atoms with van der Waals surface area (Å²) in [6.07, 6.45) is 5.99. The normalized spacial score (nSPS) is 10.4. The van der Waals surface area contributed by atoms with E-state index in [9.17, 15) is 14.9 Å². The van der Waals surface area contributed by atoms with Gasteiger partial charge in [0.15, 0.2) is 0 Å². The zero-order valence-corrected chi connectivity index (χ0v) is 11.1. The predicted molar refractivity (Wildman–Crippen MR) is 76.8 cm³/mol. The maximum Gasteiger partial charge on any atom is 0.269 e. The predicted octanol–water partition coefficient (Wildman–Crippen LogP) is 1.76. The molecule has 0 atom stereocenters. The molecule has 3 rings (SSSR count). The largest absolute Gasteiger partial charge is 0.319 e. The van der Waals surface area contributed by atoms with Crippen LogP contribution < -0.4 is 5.32 Å². The molecule has 2 aromatic heterocycles. The molecule has 3 aromatic rings. The zero-order valence-electron chi connectivity index (χ0n) is 11.1. The smallest absolute Gasteiger partial charge is 0.269 e. The molecule has 0 bridgehead atoms. The van der Waals surface area contributed by atoms with E-state index in [4.69, 9.17) is 0 Å². The molecule has 0 radical (unpaired) electrons. The van der Waals surface area contributed by atoms with Gasteiger partial charge < -0.3 is 5.32 Å². The van der Waals surface area contributed by atoms with Crippen LogP contribution in [0, 0.1) is 10.1 Å². The molecule has 1 amide bonds. The van der Waals surface area contributed by atoms with Crippen molar-refractivity contribution < 1.29 is 9.72 Å². The van der Waals surface area contributed by atoms with Gasteiger partial charge in [0.1, 0.15) is 0 Å². The second-order valence-electron chi connectivity index (χ2n) is 4.39. The number of aromatic amines is 1. The highest BCUT2D eigenvalue weighted by molar-refractivity contribution is 6.03. The van der Waals surface area contributed by atoms with Gasteiger partial charge in [0.25, 0.3) is 11.6 Å². The van der Waals surface area contributed by atoms with Crippen LogP contribution in [0.4, 0.5) is 11.4 Å². The third-order valence-electron chi connectivity index (χ3n) is 2.93. The summed E-state index contributed by atoms with van der Waals surface area (Å²) in [5.41, 5.74) is 1.52. The number of amides is 1. The van der Waals surface area contributed by atoms with Crippen molar-refractivity contribution in [1.82, 2.24) is 20.0 Å². The number of carbonyl (C=O) groups excluding carboxylic acids is 1. The molecular formula is C13H10N6O3. The van der Waals surface area contributed by atoms with Crippen molar-refractivity contribution in [3.8, 4) is 5.69 Å². The summed E-state index contributed by atoms with van der Waals surface area (Å²) in [6.45, 7) is 0. The van der Waals surface area contributed by atoms with E-state index >= 15 is 0 Å². The van der Waals surface area contributed by atoms with Crippen LogP contribution >= 0.6 is 0 Å². The fraction of sp³-hybridized carbons (Fsp3) is 0. The van der Waals surface area contributed by atoms with Gasteiger partial charge in [-0.3, -0.25) is 20.0 Å². The lowest BCUT2D eigenvalue weighted by molar-refractivity contribution is -0.384. The molecule has 0 unspecified atom stereocenters. The van der Waals surface area contributed by atoms with E-state index in [1.165, 1.54) is 35.4 Å². The van der Waals surface area contributed by atoms with E-state index in [0.717, 1.165) is 0 Å². The molecule has 0 fully saturated rings. The van der Waals surface area contributed by atoms with E-state index < -0.39 is 4.92 Å². The third-order valence-corrected chi connectivity index (χ3v) is 2.93. The van der Waals surface area contributed by atoms with Crippen molar-refractivity contribution in [2.45, 2.75) is 0 Å². The first-order valence-corrected chi connectivity index (χ1v) is 6.23. The van der Waals surface area contributed by atoms with Crippen LogP contribution in [0.1, 0.15) is 10.4 Å². The number of anilines is 1.